The van der Waals surface area contributed by atoms with E-state index in [1.54, 1.807) is 25.3 Å². The van der Waals surface area contributed by atoms with Gasteiger partial charge in [-0.3, -0.25) is 4.79 Å². The van der Waals surface area contributed by atoms with Crippen molar-refractivity contribution in [1.29, 1.82) is 0 Å². The summed E-state index contributed by atoms with van der Waals surface area (Å²) in [6, 6.07) is 6.63. The largest absolute Gasteiger partial charge is 0.497 e. The number of ketones is 1. The van der Waals surface area contributed by atoms with E-state index >= 15 is 0 Å². The highest BCUT2D eigenvalue weighted by Gasteiger charge is 2.13. The van der Waals surface area contributed by atoms with Crippen molar-refractivity contribution in [3.63, 3.8) is 0 Å². The Hall–Kier alpha value is -2.10. The van der Waals surface area contributed by atoms with E-state index in [4.69, 9.17) is 9.15 Å². The number of ether oxygens (including phenoxy) is 1. The van der Waals surface area contributed by atoms with Crippen molar-refractivity contribution in [2.45, 2.75) is 20.3 Å². The van der Waals surface area contributed by atoms with Crippen molar-refractivity contribution in [2.24, 2.45) is 5.92 Å². The predicted molar refractivity (Wildman–Crippen MR) is 72.6 cm³/mol. The number of carbonyl (C=O) groups is 1. The molecule has 0 atom stereocenters. The Morgan fingerprint density at radius 1 is 1.32 bits per heavy atom. The molecular weight excluding hydrogens is 244 g/mol. The zero-order valence-electron chi connectivity index (χ0n) is 11.2. The second kappa shape index (κ2) is 5.26. The van der Waals surface area contributed by atoms with Gasteiger partial charge in [0.25, 0.3) is 0 Å². The van der Waals surface area contributed by atoms with Crippen LogP contribution in [0.5, 0.6) is 5.75 Å². The molecule has 100 valence electrons. The quantitative estimate of drug-likeness (QED) is 0.793. The Bertz CT molecular complexity index is 667. The molecular formula is C15H16O4. The van der Waals surface area contributed by atoms with Gasteiger partial charge in [0.2, 0.25) is 0 Å². The summed E-state index contributed by atoms with van der Waals surface area (Å²) >= 11 is 0. The lowest BCUT2D eigenvalue weighted by Crippen LogP contribution is -2.12. The van der Waals surface area contributed by atoms with E-state index in [0.717, 1.165) is 5.39 Å². The first-order chi connectivity index (χ1) is 9.01. The summed E-state index contributed by atoms with van der Waals surface area (Å²) in [5.41, 5.74) is 0.693. The molecule has 19 heavy (non-hydrogen) atoms. The lowest BCUT2D eigenvalue weighted by Gasteiger charge is -2.08. The molecule has 2 aromatic rings. The second-order valence-corrected chi connectivity index (χ2v) is 4.75. The Morgan fingerprint density at radius 2 is 2.05 bits per heavy atom. The molecule has 0 aliphatic carbocycles. The minimum absolute atomic E-state index is 0.0551. The molecule has 4 nitrogen and oxygen atoms in total. The van der Waals surface area contributed by atoms with Crippen LogP contribution in [0.2, 0.25) is 0 Å². The third kappa shape index (κ3) is 2.84. The summed E-state index contributed by atoms with van der Waals surface area (Å²) in [6.45, 7) is 3.69. The normalized spacial score (nSPS) is 10.9. The third-order valence-electron chi connectivity index (χ3n) is 3.05. The molecule has 1 aromatic heterocycles. The average Bonchev–Trinajstić information content (AvgIpc) is 2.37. The Morgan fingerprint density at radius 3 is 2.68 bits per heavy atom. The highest BCUT2D eigenvalue weighted by atomic mass is 16.5. The lowest BCUT2D eigenvalue weighted by molar-refractivity contribution is -0.121. The minimum Gasteiger partial charge on any atom is -0.497 e. The van der Waals surface area contributed by atoms with E-state index in [0.29, 0.717) is 16.9 Å². The molecule has 0 aliphatic rings. The van der Waals surface area contributed by atoms with E-state index in [-0.39, 0.29) is 18.1 Å². The topological polar surface area (TPSA) is 56.5 Å². The van der Waals surface area contributed by atoms with Crippen molar-refractivity contribution in [1.82, 2.24) is 0 Å². The van der Waals surface area contributed by atoms with Gasteiger partial charge in [0.1, 0.15) is 17.1 Å². The van der Waals surface area contributed by atoms with Gasteiger partial charge in [-0.15, -0.1) is 0 Å². The third-order valence-corrected chi connectivity index (χ3v) is 3.05. The summed E-state index contributed by atoms with van der Waals surface area (Å²) in [5.74, 6) is 0.659. The van der Waals surface area contributed by atoms with Crippen LogP contribution >= 0.6 is 0 Å². The van der Waals surface area contributed by atoms with E-state index in [2.05, 4.69) is 0 Å². The molecule has 0 saturated carbocycles. The van der Waals surface area contributed by atoms with Gasteiger partial charge in [-0.1, -0.05) is 13.8 Å². The SMILES string of the molecule is COc1ccc2c(CC(=O)C(C)C)cc(=O)oc2c1. The van der Waals surface area contributed by atoms with Gasteiger partial charge in [0, 0.05) is 29.9 Å². The Kier molecular flexibility index (Phi) is 3.69. The number of fused-ring (bicyclic) bond motifs is 1. The first-order valence-corrected chi connectivity index (χ1v) is 6.14. The van der Waals surface area contributed by atoms with Crippen LogP contribution in [0.4, 0.5) is 0 Å². The molecule has 4 heteroatoms. The Labute approximate surface area is 111 Å². The van der Waals surface area contributed by atoms with Crippen LogP contribution in [0.1, 0.15) is 19.4 Å². The summed E-state index contributed by atoms with van der Waals surface area (Å²) in [7, 11) is 1.55. The van der Waals surface area contributed by atoms with E-state index in [1.807, 2.05) is 13.8 Å². The first-order valence-electron chi connectivity index (χ1n) is 6.14. The highest BCUT2D eigenvalue weighted by Crippen LogP contribution is 2.23. The maximum atomic E-state index is 11.8. The van der Waals surface area contributed by atoms with Gasteiger partial charge in [-0.25, -0.2) is 4.79 Å². The maximum absolute atomic E-state index is 11.8. The number of Topliss-reactive ketones (excluding diaryl/α,β-unsaturated/α-hetero) is 1. The van der Waals surface area contributed by atoms with Crippen LogP contribution in [0.3, 0.4) is 0 Å². The van der Waals surface area contributed by atoms with Crippen LogP contribution in [0.15, 0.2) is 33.5 Å². The van der Waals surface area contributed by atoms with Gasteiger partial charge in [0.15, 0.2) is 0 Å². The Balaban J connectivity index is 2.54. The fourth-order valence-corrected chi connectivity index (χ4v) is 1.88. The molecule has 0 spiro atoms. The molecule has 0 fully saturated rings. The number of benzene rings is 1. The number of methoxy groups -OCH3 is 1. The predicted octanol–water partition coefficient (Wildman–Crippen LogP) is 2.57. The van der Waals surface area contributed by atoms with Crippen LogP contribution in [-0.4, -0.2) is 12.9 Å². The molecule has 0 unspecified atom stereocenters. The van der Waals surface area contributed by atoms with Gasteiger partial charge < -0.3 is 9.15 Å². The van der Waals surface area contributed by atoms with Crippen LogP contribution in [0, 0.1) is 5.92 Å². The molecule has 2 rings (SSSR count). The molecule has 1 aromatic carbocycles. The van der Waals surface area contributed by atoms with Gasteiger partial charge in [0.05, 0.1) is 7.11 Å². The summed E-state index contributed by atoms with van der Waals surface area (Å²) < 4.78 is 10.2. The van der Waals surface area contributed by atoms with Crippen LogP contribution in [-0.2, 0) is 11.2 Å². The fraction of sp³-hybridized carbons (Fsp3) is 0.333. The number of rotatable bonds is 4. The molecule has 0 N–H and O–H groups in total. The highest BCUT2D eigenvalue weighted by molar-refractivity contribution is 5.89. The van der Waals surface area contributed by atoms with Crippen LogP contribution < -0.4 is 10.4 Å². The molecule has 0 saturated heterocycles. The van der Waals surface area contributed by atoms with Crippen molar-refractivity contribution >= 4 is 16.8 Å². The zero-order chi connectivity index (χ0) is 14.0. The standard InChI is InChI=1S/C15H16O4/c1-9(2)13(16)6-10-7-15(17)19-14-8-11(18-3)4-5-12(10)14/h4-5,7-9H,6H2,1-3H3. The second-order valence-electron chi connectivity index (χ2n) is 4.75. The van der Waals surface area contributed by atoms with E-state index in [9.17, 15) is 9.59 Å². The van der Waals surface area contributed by atoms with Crippen molar-refractivity contribution in [3.05, 3.63) is 40.2 Å². The maximum Gasteiger partial charge on any atom is 0.336 e. The summed E-state index contributed by atoms with van der Waals surface area (Å²) in [6.07, 6.45) is 0.242. The monoisotopic (exact) mass is 260 g/mol. The molecule has 0 bridgehead atoms. The van der Waals surface area contributed by atoms with Crippen molar-refractivity contribution in [3.8, 4) is 5.75 Å². The van der Waals surface area contributed by atoms with E-state index in [1.165, 1.54) is 6.07 Å². The zero-order valence-corrected chi connectivity index (χ0v) is 11.2. The summed E-state index contributed by atoms with van der Waals surface area (Å²) in [5, 5.41) is 0.773. The van der Waals surface area contributed by atoms with Crippen molar-refractivity contribution in [2.75, 3.05) is 7.11 Å². The van der Waals surface area contributed by atoms with Crippen molar-refractivity contribution < 1.29 is 13.9 Å². The number of hydrogen-bond donors (Lipinski definition) is 0. The molecule has 0 radical (unpaired) electrons. The van der Waals surface area contributed by atoms with Gasteiger partial charge >= 0.3 is 5.63 Å². The molecule has 1 heterocycles. The number of hydrogen-bond acceptors (Lipinski definition) is 4. The van der Waals surface area contributed by atoms with Gasteiger partial charge in [-0.2, -0.15) is 0 Å². The minimum atomic E-state index is -0.452. The smallest absolute Gasteiger partial charge is 0.336 e. The summed E-state index contributed by atoms with van der Waals surface area (Å²) in [4.78, 5) is 23.4. The van der Waals surface area contributed by atoms with E-state index < -0.39 is 5.63 Å². The molecule has 0 amide bonds. The first kappa shape index (κ1) is 13.3. The number of carbonyl (C=O) groups excluding carboxylic acids is 1. The van der Waals surface area contributed by atoms with Crippen LogP contribution in [0.25, 0.3) is 11.0 Å². The van der Waals surface area contributed by atoms with Gasteiger partial charge in [-0.05, 0) is 17.7 Å². The molecule has 0 aliphatic heterocycles. The lowest BCUT2D eigenvalue weighted by atomic mass is 9.99. The fourth-order valence-electron chi connectivity index (χ4n) is 1.88. The average molecular weight is 260 g/mol.